The molecule has 0 aromatic heterocycles. The lowest BCUT2D eigenvalue weighted by Crippen LogP contribution is -2.08. The Bertz CT molecular complexity index is 419. The second kappa shape index (κ2) is 4.99. The zero-order valence-electron chi connectivity index (χ0n) is 8.41. The Morgan fingerprint density at radius 3 is 2.00 bits per heavy atom. The van der Waals surface area contributed by atoms with Crippen LogP contribution in [0.3, 0.4) is 0 Å². The minimum Gasteiger partial charge on any atom is -0.364 e. The predicted molar refractivity (Wildman–Crippen MR) is 49.5 cm³/mol. The van der Waals surface area contributed by atoms with Gasteiger partial charge in [-0.2, -0.15) is 0 Å². The molecule has 0 atom stereocenters. The fraction of sp³-hybridized carbons (Fsp3) is 0.273. The Morgan fingerprint density at radius 2 is 1.56 bits per heavy atom. The fourth-order valence-corrected chi connectivity index (χ4v) is 1.13. The van der Waals surface area contributed by atoms with Gasteiger partial charge in [0, 0.05) is 5.56 Å². The van der Waals surface area contributed by atoms with E-state index in [0.717, 1.165) is 6.92 Å². The minimum atomic E-state index is -1.45. The van der Waals surface area contributed by atoms with Crippen molar-refractivity contribution in [1.29, 1.82) is 0 Å². The summed E-state index contributed by atoms with van der Waals surface area (Å²) >= 11 is 0. The van der Waals surface area contributed by atoms with Crippen LogP contribution in [-0.2, 0) is 11.3 Å². The van der Waals surface area contributed by atoms with Crippen LogP contribution in [0.2, 0.25) is 0 Å². The van der Waals surface area contributed by atoms with Crippen LogP contribution >= 0.6 is 0 Å². The van der Waals surface area contributed by atoms with Gasteiger partial charge in [0.1, 0.15) is 6.61 Å². The Morgan fingerprint density at radius 1 is 1.06 bits per heavy atom. The minimum absolute atomic E-state index is 0.198. The molecule has 0 aliphatic carbocycles. The van der Waals surface area contributed by atoms with Crippen LogP contribution in [0.5, 0.6) is 0 Å². The Kier molecular flexibility index (Phi) is 3.91. The third-order valence-electron chi connectivity index (χ3n) is 2.01. The van der Waals surface area contributed by atoms with Crippen molar-refractivity contribution < 1.29 is 22.3 Å². The van der Waals surface area contributed by atoms with Crippen molar-refractivity contribution in [3.63, 3.8) is 0 Å². The average Bonchev–Trinajstić information content (AvgIpc) is 2.28. The highest BCUT2D eigenvalue weighted by Crippen LogP contribution is 2.23. The van der Waals surface area contributed by atoms with E-state index in [1.54, 1.807) is 0 Å². The van der Waals surface area contributed by atoms with Gasteiger partial charge in [0.05, 0.1) is 12.2 Å². The van der Waals surface area contributed by atoms with E-state index >= 15 is 0 Å². The highest BCUT2D eigenvalue weighted by atomic mass is 19.2. The zero-order valence-corrected chi connectivity index (χ0v) is 8.41. The van der Waals surface area contributed by atoms with Crippen LogP contribution < -0.4 is 0 Å². The van der Waals surface area contributed by atoms with Crippen molar-refractivity contribution in [2.24, 2.45) is 0 Å². The number of hydrogen-bond donors (Lipinski definition) is 0. The van der Waals surface area contributed by atoms with E-state index in [0.29, 0.717) is 0 Å². The quantitative estimate of drug-likeness (QED) is 0.337. The number of benzene rings is 1. The number of hydrogen-bond acceptors (Lipinski definition) is 1. The van der Waals surface area contributed by atoms with Crippen LogP contribution in [-0.4, -0.2) is 6.61 Å². The van der Waals surface area contributed by atoms with Gasteiger partial charge in [-0.25, -0.2) is 17.6 Å². The van der Waals surface area contributed by atoms with Gasteiger partial charge >= 0.3 is 0 Å². The molecular formula is C11H8F4O. The van der Waals surface area contributed by atoms with Gasteiger partial charge in [-0.1, -0.05) is 5.92 Å². The van der Waals surface area contributed by atoms with Gasteiger partial charge in [-0.15, -0.1) is 6.42 Å². The van der Waals surface area contributed by atoms with Gasteiger partial charge < -0.3 is 4.74 Å². The summed E-state index contributed by atoms with van der Waals surface area (Å²) < 4.78 is 57.2. The van der Waals surface area contributed by atoms with Gasteiger partial charge in [-0.3, -0.25) is 0 Å². The molecule has 0 fully saturated rings. The summed E-state index contributed by atoms with van der Waals surface area (Å²) in [5.41, 5.74) is -1.49. The van der Waals surface area contributed by atoms with Crippen molar-refractivity contribution in [3.8, 4) is 12.3 Å². The Balaban J connectivity index is 3.14. The SMILES string of the molecule is C#CCOCc1c(F)c(F)c(C)c(F)c1F. The molecular weight excluding hydrogens is 224 g/mol. The van der Waals surface area contributed by atoms with E-state index in [2.05, 4.69) is 10.7 Å². The summed E-state index contributed by atoms with van der Waals surface area (Å²) in [4.78, 5) is 0. The molecule has 16 heavy (non-hydrogen) atoms. The van der Waals surface area contributed by atoms with Crippen molar-refractivity contribution >= 4 is 0 Å². The van der Waals surface area contributed by atoms with E-state index in [4.69, 9.17) is 6.42 Å². The lowest BCUT2D eigenvalue weighted by Gasteiger charge is -2.09. The molecule has 0 amide bonds. The number of rotatable bonds is 3. The van der Waals surface area contributed by atoms with E-state index in [9.17, 15) is 17.6 Å². The van der Waals surface area contributed by atoms with E-state index < -0.39 is 41.0 Å². The molecule has 1 rings (SSSR count). The first-order chi connectivity index (χ1) is 7.50. The van der Waals surface area contributed by atoms with E-state index in [1.165, 1.54) is 0 Å². The molecule has 0 spiro atoms. The third-order valence-corrected chi connectivity index (χ3v) is 2.01. The molecule has 0 aliphatic rings. The first kappa shape index (κ1) is 12.5. The monoisotopic (exact) mass is 232 g/mol. The van der Waals surface area contributed by atoms with E-state index in [-0.39, 0.29) is 6.61 Å². The summed E-state index contributed by atoms with van der Waals surface area (Å²) in [6, 6.07) is 0. The summed E-state index contributed by atoms with van der Waals surface area (Å²) in [6.07, 6.45) is 4.84. The Hall–Kier alpha value is -1.54. The van der Waals surface area contributed by atoms with Crippen molar-refractivity contribution in [2.75, 3.05) is 6.61 Å². The molecule has 86 valence electrons. The van der Waals surface area contributed by atoms with Crippen LogP contribution in [0.25, 0.3) is 0 Å². The first-order valence-electron chi connectivity index (χ1n) is 4.33. The highest BCUT2D eigenvalue weighted by molar-refractivity contribution is 5.28. The largest absolute Gasteiger partial charge is 0.364 e. The van der Waals surface area contributed by atoms with Crippen molar-refractivity contribution in [2.45, 2.75) is 13.5 Å². The maximum absolute atomic E-state index is 13.2. The molecule has 1 aromatic carbocycles. The number of ether oxygens (including phenoxy) is 1. The molecule has 1 nitrogen and oxygen atoms in total. The van der Waals surface area contributed by atoms with Gasteiger partial charge in [0.15, 0.2) is 23.3 Å². The van der Waals surface area contributed by atoms with Gasteiger partial charge in [0.2, 0.25) is 0 Å². The van der Waals surface area contributed by atoms with Gasteiger partial charge in [-0.05, 0) is 6.92 Å². The molecule has 0 N–H and O–H groups in total. The second-order valence-corrected chi connectivity index (χ2v) is 3.06. The van der Waals surface area contributed by atoms with Crippen LogP contribution in [0.4, 0.5) is 17.6 Å². The molecule has 0 bridgehead atoms. The average molecular weight is 232 g/mol. The van der Waals surface area contributed by atoms with Crippen molar-refractivity contribution in [1.82, 2.24) is 0 Å². The maximum Gasteiger partial charge on any atom is 0.167 e. The molecule has 1 aromatic rings. The normalized spacial score (nSPS) is 10.2. The number of terminal acetylenes is 1. The molecule has 0 saturated heterocycles. The fourth-order valence-electron chi connectivity index (χ4n) is 1.13. The summed E-state index contributed by atoms with van der Waals surface area (Å²) in [5.74, 6) is -3.67. The Labute approximate surface area is 90.0 Å². The highest BCUT2D eigenvalue weighted by Gasteiger charge is 2.22. The molecule has 0 heterocycles. The molecule has 5 heteroatoms. The lowest BCUT2D eigenvalue weighted by atomic mass is 10.1. The summed E-state index contributed by atoms with van der Waals surface area (Å²) in [7, 11) is 0. The zero-order chi connectivity index (χ0) is 12.3. The molecule has 0 aliphatic heterocycles. The predicted octanol–water partition coefficient (Wildman–Crippen LogP) is 2.70. The van der Waals surface area contributed by atoms with Crippen LogP contribution in [0, 0.1) is 42.5 Å². The van der Waals surface area contributed by atoms with Crippen molar-refractivity contribution in [3.05, 3.63) is 34.4 Å². The number of halogens is 4. The van der Waals surface area contributed by atoms with Crippen LogP contribution in [0.15, 0.2) is 0 Å². The maximum atomic E-state index is 13.2. The molecule has 0 radical (unpaired) electrons. The standard InChI is InChI=1S/C11H8F4O/c1-3-4-16-5-7-10(14)8(12)6(2)9(13)11(7)15/h1H,4-5H2,2H3. The smallest absolute Gasteiger partial charge is 0.167 e. The first-order valence-corrected chi connectivity index (χ1v) is 4.33. The summed E-state index contributed by atoms with van der Waals surface area (Å²) in [5, 5.41) is 0. The third kappa shape index (κ3) is 2.17. The second-order valence-electron chi connectivity index (χ2n) is 3.06. The molecule has 0 unspecified atom stereocenters. The summed E-state index contributed by atoms with van der Waals surface area (Å²) in [6.45, 7) is 0.134. The topological polar surface area (TPSA) is 9.23 Å². The van der Waals surface area contributed by atoms with Gasteiger partial charge in [0.25, 0.3) is 0 Å². The molecule has 0 saturated carbocycles. The lowest BCUT2D eigenvalue weighted by molar-refractivity contribution is 0.145. The van der Waals surface area contributed by atoms with Crippen LogP contribution in [0.1, 0.15) is 11.1 Å². The van der Waals surface area contributed by atoms with E-state index in [1.807, 2.05) is 0 Å².